The number of methoxy groups -OCH3 is 1. The quantitative estimate of drug-likeness (QED) is 0.321. The van der Waals surface area contributed by atoms with Gasteiger partial charge >= 0.3 is 5.97 Å². The Labute approximate surface area is 134 Å². The lowest BCUT2D eigenvalue weighted by Crippen LogP contribution is -2.08. The number of hydrogen-bond donors (Lipinski definition) is 1. The van der Waals surface area contributed by atoms with E-state index in [1.54, 1.807) is 6.92 Å². The molecule has 0 amide bonds. The first-order valence-corrected chi connectivity index (χ1v) is 7.23. The molecule has 1 unspecified atom stereocenters. The van der Waals surface area contributed by atoms with E-state index >= 15 is 0 Å². The average Bonchev–Trinajstić information content (AvgIpc) is 2.50. The Hall–Kier alpha value is -2.35. The van der Waals surface area contributed by atoms with Crippen LogP contribution < -0.4 is 9.47 Å². The zero-order chi connectivity index (χ0) is 17.4. The highest BCUT2D eigenvalue weighted by atomic mass is 16.6. The molecule has 0 aliphatic rings. The Balaban J connectivity index is 2.83. The van der Waals surface area contributed by atoms with Crippen LogP contribution in [-0.2, 0) is 9.53 Å². The molecule has 1 rings (SSSR count). The number of esters is 1. The number of aliphatic hydroxyl groups excluding tert-OH is 1. The second-order valence-corrected chi connectivity index (χ2v) is 4.75. The van der Waals surface area contributed by atoms with Crippen molar-refractivity contribution in [3.8, 4) is 11.5 Å². The molecule has 0 heterocycles. The second kappa shape index (κ2) is 8.94. The molecule has 1 aromatic carbocycles. The molecule has 1 atom stereocenters. The molecule has 128 valence electrons. The maximum absolute atomic E-state index is 11.2. The number of hydrogen-bond acceptors (Lipinski definition) is 7. The molecule has 1 N–H and O–H groups in total. The lowest BCUT2D eigenvalue weighted by Gasteiger charge is -2.14. The highest BCUT2D eigenvalue weighted by molar-refractivity contribution is 5.69. The molecule has 1 aromatic rings. The summed E-state index contributed by atoms with van der Waals surface area (Å²) in [5.41, 5.74) is -0.105. The Kier molecular flexibility index (Phi) is 7.27. The maximum Gasteiger partial charge on any atom is 0.305 e. The van der Waals surface area contributed by atoms with E-state index in [1.165, 1.54) is 26.2 Å². The third-order valence-electron chi connectivity index (χ3n) is 3.05. The van der Waals surface area contributed by atoms with E-state index in [-0.39, 0.29) is 41.7 Å². The number of nitrogens with zero attached hydrogens (tertiary/aromatic N) is 1. The van der Waals surface area contributed by atoms with Gasteiger partial charge in [0.2, 0.25) is 0 Å². The highest BCUT2D eigenvalue weighted by Crippen LogP contribution is 2.37. The summed E-state index contributed by atoms with van der Waals surface area (Å²) in [6, 6.07) is 2.59. The third kappa shape index (κ3) is 5.41. The van der Waals surface area contributed by atoms with E-state index < -0.39 is 11.0 Å². The lowest BCUT2D eigenvalue weighted by molar-refractivity contribution is -0.386. The van der Waals surface area contributed by atoms with Gasteiger partial charge < -0.3 is 19.3 Å². The van der Waals surface area contributed by atoms with Crippen molar-refractivity contribution in [2.75, 3.05) is 20.3 Å². The van der Waals surface area contributed by atoms with Crippen LogP contribution in [0.4, 0.5) is 5.69 Å². The third-order valence-corrected chi connectivity index (χ3v) is 3.05. The first-order chi connectivity index (χ1) is 10.9. The molecule has 0 saturated carbocycles. The normalized spacial score (nSPS) is 11.7. The van der Waals surface area contributed by atoms with Crippen molar-refractivity contribution in [2.24, 2.45) is 0 Å². The zero-order valence-electron chi connectivity index (χ0n) is 13.4. The van der Waals surface area contributed by atoms with Crippen LogP contribution in [0, 0.1) is 10.1 Å². The molecular weight excluding hydrogens is 306 g/mol. The minimum Gasteiger partial charge on any atom is -0.493 e. The van der Waals surface area contributed by atoms with Crippen LogP contribution in [0.3, 0.4) is 0 Å². The van der Waals surface area contributed by atoms with E-state index in [0.717, 1.165) is 0 Å². The van der Waals surface area contributed by atoms with Gasteiger partial charge in [0.05, 0.1) is 43.0 Å². The van der Waals surface area contributed by atoms with Crippen LogP contribution in [0.25, 0.3) is 0 Å². The average molecular weight is 327 g/mol. The number of nitro benzene ring substituents is 1. The van der Waals surface area contributed by atoms with Gasteiger partial charge in [0.1, 0.15) is 0 Å². The number of carbonyl (C=O) groups is 1. The van der Waals surface area contributed by atoms with Crippen molar-refractivity contribution in [2.45, 2.75) is 32.8 Å². The van der Waals surface area contributed by atoms with Crippen LogP contribution >= 0.6 is 0 Å². The maximum atomic E-state index is 11.2. The molecule has 0 aliphatic carbocycles. The number of carbonyl (C=O) groups excluding carboxylic acids is 1. The van der Waals surface area contributed by atoms with E-state index in [0.29, 0.717) is 13.0 Å². The lowest BCUT2D eigenvalue weighted by atomic mass is 10.1. The van der Waals surface area contributed by atoms with Crippen LogP contribution in [0.1, 0.15) is 38.4 Å². The minimum atomic E-state index is -1.01. The summed E-state index contributed by atoms with van der Waals surface area (Å²) < 4.78 is 15.4. The van der Waals surface area contributed by atoms with E-state index in [2.05, 4.69) is 0 Å². The van der Waals surface area contributed by atoms with Gasteiger partial charge in [0.15, 0.2) is 11.5 Å². The van der Waals surface area contributed by atoms with Gasteiger partial charge in [0, 0.05) is 6.42 Å². The number of rotatable bonds is 9. The fourth-order valence-electron chi connectivity index (χ4n) is 1.96. The monoisotopic (exact) mass is 327 g/mol. The van der Waals surface area contributed by atoms with E-state index in [1.807, 2.05) is 0 Å². The molecule has 0 saturated heterocycles. The van der Waals surface area contributed by atoms with E-state index in [9.17, 15) is 20.0 Å². The molecule has 8 heteroatoms. The Morgan fingerprint density at radius 1 is 1.39 bits per heavy atom. The molecule has 0 fully saturated rings. The van der Waals surface area contributed by atoms with Crippen molar-refractivity contribution >= 4 is 11.7 Å². The minimum absolute atomic E-state index is 0.144. The SMILES string of the molecule is CCOC(=O)CCCOc1cc([N+](=O)[O-])c(C(C)O)cc1OC. The number of aliphatic hydroxyl groups is 1. The number of benzene rings is 1. The summed E-state index contributed by atoms with van der Waals surface area (Å²) in [7, 11) is 1.40. The molecule has 0 aromatic heterocycles. The van der Waals surface area contributed by atoms with E-state index in [4.69, 9.17) is 14.2 Å². The fourth-order valence-corrected chi connectivity index (χ4v) is 1.96. The van der Waals surface area contributed by atoms with Crippen LogP contribution in [0.15, 0.2) is 12.1 Å². The van der Waals surface area contributed by atoms with Crippen LogP contribution in [0.2, 0.25) is 0 Å². The molecule has 23 heavy (non-hydrogen) atoms. The molecule has 0 spiro atoms. The first-order valence-electron chi connectivity index (χ1n) is 7.23. The summed E-state index contributed by atoms with van der Waals surface area (Å²) in [6.07, 6.45) is -0.403. The molecule has 0 aliphatic heterocycles. The van der Waals surface area contributed by atoms with Gasteiger partial charge in [-0.1, -0.05) is 0 Å². The van der Waals surface area contributed by atoms with Crippen molar-refractivity contribution in [3.63, 3.8) is 0 Å². The smallest absolute Gasteiger partial charge is 0.305 e. The highest BCUT2D eigenvalue weighted by Gasteiger charge is 2.22. The van der Waals surface area contributed by atoms with Crippen molar-refractivity contribution < 1.29 is 29.0 Å². The number of ether oxygens (including phenoxy) is 3. The van der Waals surface area contributed by atoms with Gasteiger partial charge in [-0.25, -0.2) is 0 Å². The van der Waals surface area contributed by atoms with Gasteiger partial charge in [0.25, 0.3) is 5.69 Å². The van der Waals surface area contributed by atoms with Crippen molar-refractivity contribution in [1.82, 2.24) is 0 Å². The number of nitro groups is 1. The van der Waals surface area contributed by atoms with Crippen molar-refractivity contribution in [1.29, 1.82) is 0 Å². The summed E-state index contributed by atoms with van der Waals surface area (Å²) in [5.74, 6) is 0.147. The summed E-state index contributed by atoms with van der Waals surface area (Å²) >= 11 is 0. The second-order valence-electron chi connectivity index (χ2n) is 4.75. The molecule has 0 radical (unpaired) electrons. The Morgan fingerprint density at radius 2 is 2.09 bits per heavy atom. The zero-order valence-corrected chi connectivity index (χ0v) is 13.4. The van der Waals surface area contributed by atoms with Crippen molar-refractivity contribution in [3.05, 3.63) is 27.8 Å². The molecular formula is C15H21NO7. The summed E-state index contributed by atoms with van der Waals surface area (Å²) in [4.78, 5) is 21.7. The van der Waals surface area contributed by atoms with Gasteiger partial charge in [-0.15, -0.1) is 0 Å². The fraction of sp³-hybridized carbons (Fsp3) is 0.533. The Morgan fingerprint density at radius 3 is 2.61 bits per heavy atom. The topological polar surface area (TPSA) is 108 Å². The first kappa shape index (κ1) is 18.7. The summed E-state index contributed by atoms with van der Waals surface area (Å²) in [6.45, 7) is 3.66. The van der Waals surface area contributed by atoms with Crippen LogP contribution in [0.5, 0.6) is 11.5 Å². The predicted molar refractivity (Wildman–Crippen MR) is 81.6 cm³/mol. The van der Waals surface area contributed by atoms with Crippen LogP contribution in [-0.4, -0.2) is 36.3 Å². The van der Waals surface area contributed by atoms with Gasteiger partial charge in [-0.05, 0) is 26.3 Å². The van der Waals surface area contributed by atoms with Gasteiger partial charge in [-0.2, -0.15) is 0 Å². The molecule has 0 bridgehead atoms. The Bertz CT molecular complexity index is 557. The standard InChI is InChI=1S/C15H21NO7/c1-4-22-15(18)6-5-7-23-14-9-12(16(19)20)11(10(2)17)8-13(14)21-3/h8-10,17H,4-7H2,1-3H3. The largest absolute Gasteiger partial charge is 0.493 e. The van der Waals surface area contributed by atoms with Gasteiger partial charge in [-0.3, -0.25) is 14.9 Å². The molecule has 8 nitrogen and oxygen atoms in total. The summed E-state index contributed by atoms with van der Waals surface area (Å²) in [5, 5.41) is 20.7. The predicted octanol–water partition coefficient (Wildman–Crippen LogP) is 2.38.